The number of hydrogen-bond acceptors (Lipinski definition) is 3. The van der Waals surface area contributed by atoms with Gasteiger partial charge in [0, 0.05) is 12.6 Å². The number of allylic oxidation sites excluding steroid dienone is 1. The molecule has 116 valence electrons. The summed E-state index contributed by atoms with van der Waals surface area (Å²) in [5, 5.41) is 13.5. The van der Waals surface area contributed by atoms with Crippen molar-refractivity contribution in [1.29, 1.82) is 0 Å². The van der Waals surface area contributed by atoms with E-state index in [9.17, 15) is 5.11 Å². The SMILES string of the molecule is C=CCc1ccccc1OCC(O)CNC1CCCCC1. The van der Waals surface area contributed by atoms with Gasteiger partial charge >= 0.3 is 0 Å². The van der Waals surface area contributed by atoms with E-state index >= 15 is 0 Å². The number of hydrogen-bond donors (Lipinski definition) is 2. The second kappa shape index (κ2) is 8.85. The minimum Gasteiger partial charge on any atom is -0.491 e. The highest BCUT2D eigenvalue weighted by molar-refractivity contribution is 5.34. The number of benzene rings is 1. The van der Waals surface area contributed by atoms with Gasteiger partial charge in [0.05, 0.1) is 0 Å². The molecule has 2 N–H and O–H groups in total. The van der Waals surface area contributed by atoms with E-state index in [-0.39, 0.29) is 0 Å². The van der Waals surface area contributed by atoms with Gasteiger partial charge in [0.2, 0.25) is 0 Å². The topological polar surface area (TPSA) is 41.5 Å². The minimum atomic E-state index is -0.469. The molecule has 2 rings (SSSR count). The molecule has 0 bridgehead atoms. The van der Waals surface area contributed by atoms with E-state index in [1.807, 2.05) is 30.3 Å². The van der Waals surface area contributed by atoms with E-state index < -0.39 is 6.10 Å². The molecule has 0 aliphatic heterocycles. The van der Waals surface area contributed by atoms with Crippen LogP contribution in [-0.2, 0) is 6.42 Å². The standard InChI is InChI=1S/C18H27NO2/c1-2-8-15-9-6-7-12-18(15)21-14-17(20)13-19-16-10-4-3-5-11-16/h2,6-7,9,12,16-17,19-20H,1,3-5,8,10-11,13-14H2. The fourth-order valence-corrected chi connectivity index (χ4v) is 2.82. The van der Waals surface area contributed by atoms with Crippen molar-refractivity contribution in [3.8, 4) is 5.75 Å². The summed E-state index contributed by atoms with van der Waals surface area (Å²) < 4.78 is 5.75. The van der Waals surface area contributed by atoms with Crippen LogP contribution in [0.25, 0.3) is 0 Å². The Morgan fingerprint density at radius 3 is 2.81 bits per heavy atom. The third-order valence-corrected chi connectivity index (χ3v) is 4.02. The first kappa shape index (κ1) is 16.1. The molecular formula is C18H27NO2. The average molecular weight is 289 g/mol. The maximum Gasteiger partial charge on any atom is 0.122 e. The number of rotatable bonds is 8. The van der Waals surface area contributed by atoms with Crippen LogP contribution in [0.5, 0.6) is 5.75 Å². The largest absolute Gasteiger partial charge is 0.491 e. The number of para-hydroxylation sites is 1. The summed E-state index contributed by atoms with van der Waals surface area (Å²) in [6.45, 7) is 4.69. The molecule has 1 atom stereocenters. The number of ether oxygens (including phenoxy) is 1. The number of aliphatic hydroxyl groups is 1. The highest BCUT2D eigenvalue weighted by Gasteiger charge is 2.14. The summed E-state index contributed by atoms with van der Waals surface area (Å²) >= 11 is 0. The Hall–Kier alpha value is -1.32. The van der Waals surface area contributed by atoms with Crippen LogP contribution in [0, 0.1) is 0 Å². The zero-order valence-electron chi connectivity index (χ0n) is 12.8. The molecule has 1 aromatic carbocycles. The summed E-state index contributed by atoms with van der Waals surface area (Å²) in [5.74, 6) is 0.842. The molecule has 0 saturated heterocycles. The summed E-state index contributed by atoms with van der Waals surface area (Å²) in [4.78, 5) is 0. The molecule has 1 aliphatic carbocycles. The van der Waals surface area contributed by atoms with Gasteiger partial charge in [-0.2, -0.15) is 0 Å². The minimum absolute atomic E-state index is 0.327. The molecule has 1 saturated carbocycles. The molecule has 0 aromatic heterocycles. The fraction of sp³-hybridized carbons (Fsp3) is 0.556. The van der Waals surface area contributed by atoms with Crippen LogP contribution in [0.3, 0.4) is 0 Å². The van der Waals surface area contributed by atoms with Crippen LogP contribution >= 0.6 is 0 Å². The molecule has 3 heteroatoms. The van der Waals surface area contributed by atoms with E-state index in [0.29, 0.717) is 19.2 Å². The second-order valence-electron chi connectivity index (χ2n) is 5.81. The van der Waals surface area contributed by atoms with Gasteiger partial charge in [0.15, 0.2) is 0 Å². The van der Waals surface area contributed by atoms with E-state index in [0.717, 1.165) is 17.7 Å². The molecule has 0 heterocycles. The third kappa shape index (κ3) is 5.52. The van der Waals surface area contributed by atoms with Crippen molar-refractivity contribution >= 4 is 0 Å². The van der Waals surface area contributed by atoms with Crippen molar-refractivity contribution in [1.82, 2.24) is 5.32 Å². The van der Waals surface area contributed by atoms with Gasteiger partial charge in [-0.25, -0.2) is 0 Å². The molecule has 1 fully saturated rings. The third-order valence-electron chi connectivity index (χ3n) is 4.02. The van der Waals surface area contributed by atoms with Crippen LogP contribution in [0.1, 0.15) is 37.7 Å². The van der Waals surface area contributed by atoms with Gasteiger partial charge in [-0.3, -0.25) is 0 Å². The monoisotopic (exact) mass is 289 g/mol. The lowest BCUT2D eigenvalue weighted by Gasteiger charge is -2.24. The van der Waals surface area contributed by atoms with E-state index in [1.165, 1.54) is 32.1 Å². The predicted molar refractivity (Wildman–Crippen MR) is 86.7 cm³/mol. The van der Waals surface area contributed by atoms with Crippen molar-refractivity contribution < 1.29 is 9.84 Å². The molecule has 21 heavy (non-hydrogen) atoms. The number of aliphatic hydroxyl groups excluding tert-OH is 1. The summed E-state index contributed by atoms with van der Waals surface area (Å²) in [5.41, 5.74) is 1.11. The van der Waals surface area contributed by atoms with E-state index in [4.69, 9.17) is 4.74 Å². The Balaban J connectivity index is 1.73. The Labute approximate surface area is 128 Å². The van der Waals surface area contributed by atoms with Crippen molar-refractivity contribution in [3.63, 3.8) is 0 Å². The van der Waals surface area contributed by atoms with Gasteiger partial charge in [0.1, 0.15) is 18.5 Å². The van der Waals surface area contributed by atoms with Crippen LogP contribution in [0.15, 0.2) is 36.9 Å². The van der Waals surface area contributed by atoms with Gasteiger partial charge in [0.25, 0.3) is 0 Å². The smallest absolute Gasteiger partial charge is 0.122 e. The zero-order valence-corrected chi connectivity index (χ0v) is 12.8. The maximum atomic E-state index is 10.1. The van der Waals surface area contributed by atoms with Crippen LogP contribution in [0.4, 0.5) is 0 Å². The van der Waals surface area contributed by atoms with Crippen molar-refractivity contribution in [2.75, 3.05) is 13.2 Å². The molecule has 1 aliphatic rings. The molecule has 0 radical (unpaired) electrons. The van der Waals surface area contributed by atoms with E-state index in [1.54, 1.807) is 0 Å². The van der Waals surface area contributed by atoms with Gasteiger partial charge in [-0.15, -0.1) is 6.58 Å². The zero-order chi connectivity index (χ0) is 14.9. The Morgan fingerprint density at radius 2 is 2.05 bits per heavy atom. The molecule has 0 amide bonds. The molecule has 1 unspecified atom stereocenters. The molecule has 0 spiro atoms. The lowest BCUT2D eigenvalue weighted by Crippen LogP contribution is -2.39. The first-order valence-electron chi connectivity index (χ1n) is 8.02. The van der Waals surface area contributed by atoms with Crippen molar-refractivity contribution in [2.45, 2.75) is 50.7 Å². The summed E-state index contributed by atoms with van der Waals surface area (Å²) in [6.07, 6.45) is 8.60. The van der Waals surface area contributed by atoms with Gasteiger partial charge < -0.3 is 15.2 Å². The quantitative estimate of drug-likeness (QED) is 0.723. The van der Waals surface area contributed by atoms with Crippen LogP contribution in [-0.4, -0.2) is 30.4 Å². The lowest BCUT2D eigenvalue weighted by molar-refractivity contribution is 0.101. The normalized spacial score (nSPS) is 17.4. The predicted octanol–water partition coefficient (Wildman–Crippen LogP) is 3.08. The first-order valence-corrected chi connectivity index (χ1v) is 8.02. The van der Waals surface area contributed by atoms with Gasteiger partial charge in [-0.05, 0) is 30.9 Å². The fourth-order valence-electron chi connectivity index (χ4n) is 2.82. The lowest BCUT2D eigenvalue weighted by atomic mass is 9.95. The van der Waals surface area contributed by atoms with Crippen molar-refractivity contribution in [3.05, 3.63) is 42.5 Å². The molecule has 3 nitrogen and oxygen atoms in total. The van der Waals surface area contributed by atoms with Gasteiger partial charge in [-0.1, -0.05) is 43.5 Å². The maximum absolute atomic E-state index is 10.1. The highest BCUT2D eigenvalue weighted by Crippen LogP contribution is 2.19. The van der Waals surface area contributed by atoms with Crippen LogP contribution in [0.2, 0.25) is 0 Å². The van der Waals surface area contributed by atoms with Crippen LogP contribution < -0.4 is 10.1 Å². The first-order chi connectivity index (χ1) is 10.3. The molecular weight excluding hydrogens is 262 g/mol. The van der Waals surface area contributed by atoms with Crippen molar-refractivity contribution in [2.24, 2.45) is 0 Å². The summed E-state index contributed by atoms with van der Waals surface area (Å²) in [7, 11) is 0. The second-order valence-corrected chi connectivity index (χ2v) is 5.81. The Kier molecular flexibility index (Phi) is 6.77. The molecule has 1 aromatic rings. The highest BCUT2D eigenvalue weighted by atomic mass is 16.5. The average Bonchev–Trinajstić information content (AvgIpc) is 2.53. The Morgan fingerprint density at radius 1 is 1.29 bits per heavy atom. The van der Waals surface area contributed by atoms with E-state index in [2.05, 4.69) is 11.9 Å². The number of nitrogens with one attached hydrogen (secondary N) is 1. The Bertz CT molecular complexity index is 427. The summed E-state index contributed by atoms with van der Waals surface area (Å²) in [6, 6.07) is 8.49.